The Balaban J connectivity index is 2.29. The van der Waals surface area contributed by atoms with Gasteiger partial charge in [0.2, 0.25) is 0 Å². The predicted octanol–water partition coefficient (Wildman–Crippen LogP) is 4.97. The first kappa shape index (κ1) is 13.8. The SMILES string of the molecule is CC(C)N(Cc1cccs1)c1ncc(Br)cc1Cl. The zero-order valence-corrected chi connectivity index (χ0v) is 13.4. The Kier molecular flexibility index (Phi) is 4.65. The van der Waals surface area contributed by atoms with Gasteiger partial charge < -0.3 is 4.90 Å². The molecule has 0 fully saturated rings. The fourth-order valence-electron chi connectivity index (χ4n) is 1.69. The molecule has 5 heteroatoms. The summed E-state index contributed by atoms with van der Waals surface area (Å²) >= 11 is 11.4. The third-order valence-corrected chi connectivity index (χ3v) is 4.16. The number of anilines is 1. The van der Waals surface area contributed by atoms with E-state index in [0.29, 0.717) is 11.1 Å². The van der Waals surface area contributed by atoms with Gasteiger partial charge in [-0.15, -0.1) is 11.3 Å². The van der Waals surface area contributed by atoms with Crippen LogP contribution in [0.3, 0.4) is 0 Å². The molecule has 0 amide bonds. The lowest BCUT2D eigenvalue weighted by molar-refractivity contribution is 0.677. The minimum absolute atomic E-state index is 0.346. The maximum absolute atomic E-state index is 6.28. The molecular weight excluding hydrogens is 332 g/mol. The number of pyridine rings is 1. The summed E-state index contributed by atoms with van der Waals surface area (Å²) in [6.45, 7) is 5.13. The molecule has 2 rings (SSSR count). The van der Waals surface area contributed by atoms with E-state index in [1.165, 1.54) is 4.88 Å². The molecule has 0 aliphatic heterocycles. The van der Waals surface area contributed by atoms with Crippen molar-refractivity contribution >= 4 is 44.7 Å². The van der Waals surface area contributed by atoms with Crippen molar-refractivity contribution in [2.24, 2.45) is 0 Å². The van der Waals surface area contributed by atoms with Gasteiger partial charge in [-0.1, -0.05) is 17.7 Å². The molecule has 0 aliphatic carbocycles. The molecule has 0 unspecified atom stereocenters. The molecule has 0 saturated carbocycles. The van der Waals surface area contributed by atoms with Gasteiger partial charge in [0.1, 0.15) is 5.82 Å². The Morgan fingerprint density at radius 1 is 1.50 bits per heavy atom. The molecule has 0 spiro atoms. The average molecular weight is 346 g/mol. The largest absolute Gasteiger partial charge is 0.348 e. The molecule has 0 aliphatic rings. The number of halogens is 2. The van der Waals surface area contributed by atoms with Crippen LogP contribution in [0.15, 0.2) is 34.2 Å². The number of rotatable bonds is 4. The van der Waals surface area contributed by atoms with Crippen molar-refractivity contribution in [3.8, 4) is 0 Å². The third kappa shape index (κ3) is 3.25. The van der Waals surface area contributed by atoms with Crippen LogP contribution in [0.25, 0.3) is 0 Å². The van der Waals surface area contributed by atoms with Crippen molar-refractivity contribution in [1.82, 2.24) is 4.98 Å². The fraction of sp³-hybridized carbons (Fsp3) is 0.308. The smallest absolute Gasteiger partial charge is 0.147 e. The minimum Gasteiger partial charge on any atom is -0.348 e. The maximum atomic E-state index is 6.28. The van der Waals surface area contributed by atoms with Crippen molar-refractivity contribution in [2.75, 3.05) is 4.90 Å². The monoisotopic (exact) mass is 344 g/mol. The molecule has 0 bridgehead atoms. The summed E-state index contributed by atoms with van der Waals surface area (Å²) in [5, 5.41) is 2.76. The van der Waals surface area contributed by atoms with Crippen molar-refractivity contribution in [3.05, 3.63) is 44.1 Å². The highest BCUT2D eigenvalue weighted by Crippen LogP contribution is 2.29. The molecule has 2 heterocycles. The zero-order valence-electron chi connectivity index (χ0n) is 10.2. The average Bonchev–Trinajstić information content (AvgIpc) is 2.79. The van der Waals surface area contributed by atoms with Crippen LogP contribution in [0.4, 0.5) is 5.82 Å². The van der Waals surface area contributed by atoms with E-state index in [1.807, 2.05) is 6.07 Å². The summed E-state index contributed by atoms with van der Waals surface area (Å²) in [6.07, 6.45) is 1.78. The van der Waals surface area contributed by atoms with E-state index in [1.54, 1.807) is 17.5 Å². The van der Waals surface area contributed by atoms with Gasteiger partial charge >= 0.3 is 0 Å². The normalized spacial score (nSPS) is 10.9. The van der Waals surface area contributed by atoms with Crippen LogP contribution in [0.1, 0.15) is 18.7 Å². The highest BCUT2D eigenvalue weighted by molar-refractivity contribution is 9.10. The van der Waals surface area contributed by atoms with Crippen molar-refractivity contribution < 1.29 is 0 Å². The summed E-state index contributed by atoms with van der Waals surface area (Å²) in [4.78, 5) is 7.95. The third-order valence-electron chi connectivity index (χ3n) is 2.59. The van der Waals surface area contributed by atoms with Crippen molar-refractivity contribution in [2.45, 2.75) is 26.4 Å². The first-order valence-electron chi connectivity index (χ1n) is 5.68. The molecule has 0 atom stereocenters. The van der Waals surface area contributed by atoms with Crippen LogP contribution < -0.4 is 4.90 Å². The number of nitrogens with zero attached hydrogens (tertiary/aromatic N) is 2. The highest BCUT2D eigenvalue weighted by atomic mass is 79.9. The summed E-state index contributed by atoms with van der Waals surface area (Å²) < 4.78 is 0.899. The Labute approximate surface area is 125 Å². The second-order valence-electron chi connectivity index (χ2n) is 4.26. The topological polar surface area (TPSA) is 16.1 Å². The zero-order chi connectivity index (χ0) is 13.1. The van der Waals surface area contributed by atoms with Gasteiger partial charge in [-0.25, -0.2) is 4.98 Å². The molecule has 2 aromatic heterocycles. The molecule has 0 aromatic carbocycles. The summed E-state index contributed by atoms with van der Waals surface area (Å²) in [7, 11) is 0. The van der Waals surface area contributed by atoms with Crippen LogP contribution in [-0.2, 0) is 6.54 Å². The molecular formula is C13H14BrClN2S. The number of hydrogen-bond donors (Lipinski definition) is 0. The molecule has 0 N–H and O–H groups in total. The van der Waals surface area contributed by atoms with E-state index in [2.05, 4.69) is 57.2 Å². The predicted molar refractivity (Wildman–Crippen MR) is 82.6 cm³/mol. The first-order valence-corrected chi connectivity index (χ1v) is 7.73. The number of aromatic nitrogens is 1. The van der Waals surface area contributed by atoms with Crippen LogP contribution in [0.2, 0.25) is 5.02 Å². The highest BCUT2D eigenvalue weighted by Gasteiger charge is 2.16. The van der Waals surface area contributed by atoms with Crippen LogP contribution in [-0.4, -0.2) is 11.0 Å². The van der Waals surface area contributed by atoms with E-state index in [4.69, 9.17) is 11.6 Å². The van der Waals surface area contributed by atoms with Gasteiger partial charge in [0, 0.05) is 21.6 Å². The van der Waals surface area contributed by atoms with Crippen molar-refractivity contribution in [3.63, 3.8) is 0 Å². The fourth-order valence-corrected chi connectivity index (χ4v) is 3.13. The minimum atomic E-state index is 0.346. The van der Waals surface area contributed by atoms with Gasteiger partial charge in [0.05, 0.1) is 11.6 Å². The molecule has 0 saturated heterocycles. The Morgan fingerprint density at radius 2 is 2.28 bits per heavy atom. The molecule has 18 heavy (non-hydrogen) atoms. The second-order valence-corrected chi connectivity index (χ2v) is 6.62. The summed E-state index contributed by atoms with van der Waals surface area (Å²) in [6, 6.07) is 6.42. The van der Waals surface area contributed by atoms with Crippen molar-refractivity contribution in [1.29, 1.82) is 0 Å². The molecule has 2 aromatic rings. The maximum Gasteiger partial charge on any atom is 0.147 e. The Hall–Kier alpha value is -0.580. The van der Waals surface area contributed by atoms with E-state index < -0.39 is 0 Å². The molecule has 96 valence electrons. The molecule has 2 nitrogen and oxygen atoms in total. The second kappa shape index (κ2) is 6.04. The van der Waals surface area contributed by atoms with E-state index in [-0.39, 0.29) is 0 Å². The van der Waals surface area contributed by atoms with E-state index in [0.717, 1.165) is 16.8 Å². The number of hydrogen-bond acceptors (Lipinski definition) is 3. The molecule has 0 radical (unpaired) electrons. The first-order chi connectivity index (χ1) is 8.58. The summed E-state index contributed by atoms with van der Waals surface area (Å²) in [5.41, 5.74) is 0. The quantitative estimate of drug-likeness (QED) is 0.777. The standard InChI is InChI=1S/C13H14BrClN2S/c1-9(2)17(8-11-4-3-5-18-11)13-12(15)6-10(14)7-16-13/h3-7,9H,8H2,1-2H3. The Morgan fingerprint density at radius 3 is 2.83 bits per heavy atom. The van der Waals surface area contributed by atoms with Gasteiger partial charge in [0.25, 0.3) is 0 Å². The summed E-state index contributed by atoms with van der Waals surface area (Å²) in [5.74, 6) is 0.836. The van der Waals surface area contributed by atoms with E-state index >= 15 is 0 Å². The van der Waals surface area contributed by atoms with Crippen LogP contribution in [0.5, 0.6) is 0 Å². The lowest BCUT2D eigenvalue weighted by Gasteiger charge is -2.28. The van der Waals surface area contributed by atoms with E-state index in [9.17, 15) is 0 Å². The van der Waals surface area contributed by atoms with Crippen LogP contribution >= 0.6 is 38.9 Å². The van der Waals surface area contributed by atoms with Gasteiger partial charge in [-0.2, -0.15) is 0 Å². The number of thiophene rings is 1. The van der Waals surface area contributed by atoms with Gasteiger partial charge in [-0.05, 0) is 47.3 Å². The Bertz CT molecular complexity index is 514. The van der Waals surface area contributed by atoms with Gasteiger partial charge in [-0.3, -0.25) is 0 Å². The van der Waals surface area contributed by atoms with Gasteiger partial charge in [0.15, 0.2) is 0 Å². The lowest BCUT2D eigenvalue weighted by atomic mass is 10.3. The lowest BCUT2D eigenvalue weighted by Crippen LogP contribution is -2.30. The van der Waals surface area contributed by atoms with Crippen LogP contribution in [0, 0.1) is 0 Å².